The lowest BCUT2D eigenvalue weighted by Crippen LogP contribution is -2.56. The molecule has 1 aromatic carbocycles. The van der Waals surface area contributed by atoms with Crippen LogP contribution in [0.15, 0.2) is 42.1 Å². The zero-order valence-electron chi connectivity index (χ0n) is 26.7. The summed E-state index contributed by atoms with van der Waals surface area (Å²) in [5.41, 5.74) is 2.01. The summed E-state index contributed by atoms with van der Waals surface area (Å²) in [5, 5.41) is 10.3. The summed E-state index contributed by atoms with van der Waals surface area (Å²) in [6, 6.07) is 9.27. The molecule has 41 heavy (non-hydrogen) atoms. The zero-order chi connectivity index (χ0) is 31.0. The third kappa shape index (κ3) is 9.19. The van der Waals surface area contributed by atoms with E-state index < -0.39 is 25.9 Å². The number of rotatable bonds is 10. The van der Waals surface area contributed by atoms with Gasteiger partial charge in [-0.15, -0.1) is 0 Å². The predicted molar refractivity (Wildman–Crippen MR) is 165 cm³/mol. The quantitative estimate of drug-likeness (QED) is 0.177. The smallest absolute Gasteiger partial charge is 0.415 e. The fourth-order valence-electron chi connectivity index (χ4n) is 5.60. The number of hydrogen-bond acceptors (Lipinski definition) is 6. The molecule has 0 fully saturated rings. The predicted octanol–water partition coefficient (Wildman–Crippen LogP) is 7.21. The van der Waals surface area contributed by atoms with Crippen LogP contribution in [0, 0.1) is 17.3 Å². The monoisotopic (exact) mass is 585 g/mol. The molecule has 228 valence electrons. The third-order valence-corrected chi connectivity index (χ3v) is 13.9. The van der Waals surface area contributed by atoms with Gasteiger partial charge in [-0.05, 0) is 68.3 Å². The van der Waals surface area contributed by atoms with Crippen LogP contribution in [0.2, 0.25) is 16.6 Å². The van der Waals surface area contributed by atoms with Crippen molar-refractivity contribution in [3.8, 4) is 11.8 Å². The van der Waals surface area contributed by atoms with Crippen molar-refractivity contribution >= 4 is 20.4 Å². The first-order chi connectivity index (χ1) is 19.1. The van der Waals surface area contributed by atoms with E-state index in [0.717, 1.165) is 5.56 Å². The molecular formula is C33H51NO6Si. The number of amides is 1. The van der Waals surface area contributed by atoms with Gasteiger partial charge in [-0.1, -0.05) is 77.8 Å². The van der Waals surface area contributed by atoms with E-state index in [4.69, 9.17) is 13.9 Å². The van der Waals surface area contributed by atoms with Crippen molar-refractivity contribution in [2.45, 2.75) is 124 Å². The molecule has 0 bridgehead atoms. The highest BCUT2D eigenvalue weighted by Gasteiger charge is 2.48. The summed E-state index contributed by atoms with van der Waals surface area (Å²) >= 11 is 0. The number of ether oxygens (including phenoxy) is 2. The number of benzene rings is 1. The number of carbonyl (C=O) groups excluding carboxylic acids is 2. The topological polar surface area (TPSA) is 85.3 Å². The van der Waals surface area contributed by atoms with Crippen molar-refractivity contribution in [2.24, 2.45) is 5.41 Å². The molecule has 1 N–H and O–H groups in total. The molecule has 3 atom stereocenters. The van der Waals surface area contributed by atoms with Crippen molar-refractivity contribution in [2.75, 3.05) is 6.61 Å². The number of allylic oxidation sites excluding steroid dienone is 1. The summed E-state index contributed by atoms with van der Waals surface area (Å²) < 4.78 is 18.1. The van der Waals surface area contributed by atoms with E-state index in [1.807, 2.05) is 43.3 Å². The van der Waals surface area contributed by atoms with Crippen LogP contribution in [0.4, 0.5) is 4.79 Å². The lowest BCUT2D eigenvalue weighted by atomic mass is 9.97. The van der Waals surface area contributed by atoms with Gasteiger partial charge in [0.05, 0.1) is 29.4 Å². The molecule has 7 nitrogen and oxygen atoms in total. The Labute approximate surface area is 248 Å². The average Bonchev–Trinajstić information content (AvgIpc) is 2.89. The van der Waals surface area contributed by atoms with Crippen molar-refractivity contribution in [1.29, 1.82) is 0 Å². The van der Waals surface area contributed by atoms with Gasteiger partial charge < -0.3 is 19.0 Å². The van der Waals surface area contributed by atoms with Crippen LogP contribution in [0.5, 0.6) is 0 Å². The van der Waals surface area contributed by atoms with Gasteiger partial charge in [0.2, 0.25) is 8.32 Å². The van der Waals surface area contributed by atoms with Crippen LogP contribution in [-0.4, -0.2) is 55.2 Å². The van der Waals surface area contributed by atoms with Crippen molar-refractivity contribution in [3.05, 3.63) is 47.7 Å². The van der Waals surface area contributed by atoms with Gasteiger partial charge in [-0.3, -0.25) is 9.69 Å². The Morgan fingerprint density at radius 2 is 1.61 bits per heavy atom. The number of carbonyl (C=O) groups is 2. The highest BCUT2D eigenvalue weighted by Crippen LogP contribution is 2.44. The SMILES string of the molecule is CC(C)[Si](O[C@@H]1CC=C(C#CC[C@@H](O)COC(=O)C(C)(C)C)N(C(=O)OCc2ccccc2)[C@H]1C)(C(C)C)C(C)C. The molecule has 0 saturated heterocycles. The maximum absolute atomic E-state index is 13.5. The van der Waals surface area contributed by atoms with Crippen molar-refractivity contribution in [1.82, 2.24) is 4.90 Å². The standard InChI is InChI=1S/C33H51NO6Si/c1-23(2)41(24(3)4,25(5)6)40-30-20-19-28(17-14-18-29(35)22-38-31(36)33(8,9)10)34(26(30)7)32(37)39-21-27-15-12-11-13-16-27/h11-13,15-16,19,23-26,29-30,35H,18,20-22H2,1-10H3/t26-,29+,30+/m0/s1. The number of aliphatic hydroxyl groups is 1. The first-order valence-electron chi connectivity index (χ1n) is 14.8. The van der Waals surface area contributed by atoms with Gasteiger partial charge in [0, 0.05) is 6.42 Å². The van der Waals surface area contributed by atoms with E-state index in [9.17, 15) is 14.7 Å². The van der Waals surface area contributed by atoms with E-state index in [1.165, 1.54) is 0 Å². The molecule has 1 aliphatic heterocycles. The molecule has 1 aliphatic rings. The van der Waals surface area contributed by atoms with Crippen LogP contribution < -0.4 is 0 Å². The minimum Gasteiger partial charge on any atom is -0.462 e. The third-order valence-electron chi connectivity index (χ3n) is 7.79. The van der Waals surface area contributed by atoms with E-state index in [0.29, 0.717) is 28.7 Å². The van der Waals surface area contributed by atoms with Gasteiger partial charge in [0.15, 0.2) is 0 Å². The minimum absolute atomic E-state index is 0.0973. The Morgan fingerprint density at radius 1 is 1.02 bits per heavy atom. The molecule has 0 spiro atoms. The Hall–Kier alpha value is -2.60. The van der Waals surface area contributed by atoms with E-state index in [-0.39, 0.29) is 37.7 Å². The van der Waals surface area contributed by atoms with Crippen LogP contribution in [0.25, 0.3) is 0 Å². The van der Waals surface area contributed by atoms with Crippen molar-refractivity contribution in [3.63, 3.8) is 0 Å². The number of nitrogens with zero attached hydrogens (tertiary/aromatic N) is 1. The summed E-state index contributed by atoms with van der Waals surface area (Å²) in [6.07, 6.45) is 1.06. The molecule has 0 unspecified atom stereocenters. The lowest BCUT2D eigenvalue weighted by molar-refractivity contribution is -0.155. The van der Waals surface area contributed by atoms with E-state index in [1.54, 1.807) is 25.7 Å². The average molecular weight is 586 g/mol. The fourth-order valence-corrected chi connectivity index (χ4v) is 11.2. The normalized spacial score (nSPS) is 18.6. The highest BCUT2D eigenvalue weighted by molar-refractivity contribution is 6.77. The van der Waals surface area contributed by atoms with E-state index in [2.05, 4.69) is 53.4 Å². The molecule has 1 aromatic rings. The van der Waals surface area contributed by atoms with Crippen LogP contribution in [0.3, 0.4) is 0 Å². The summed E-state index contributed by atoms with van der Waals surface area (Å²) in [6.45, 7) is 20.8. The fraction of sp³-hybridized carbons (Fsp3) is 0.636. The van der Waals surface area contributed by atoms with Gasteiger partial charge in [0.25, 0.3) is 0 Å². The van der Waals surface area contributed by atoms with E-state index >= 15 is 0 Å². The second-order valence-corrected chi connectivity index (χ2v) is 18.4. The van der Waals surface area contributed by atoms with Crippen LogP contribution in [0.1, 0.15) is 87.6 Å². The Kier molecular flexibility index (Phi) is 12.7. The van der Waals surface area contributed by atoms with Gasteiger partial charge in [-0.25, -0.2) is 4.79 Å². The number of hydrogen-bond donors (Lipinski definition) is 1. The molecular weight excluding hydrogens is 534 g/mol. The maximum Gasteiger partial charge on any atom is 0.415 e. The molecule has 2 rings (SSSR count). The molecule has 0 radical (unpaired) electrons. The molecule has 8 heteroatoms. The Balaban J connectivity index is 2.28. The van der Waals surface area contributed by atoms with Gasteiger partial charge in [0.1, 0.15) is 13.2 Å². The van der Waals surface area contributed by atoms with Gasteiger partial charge in [-0.2, -0.15) is 0 Å². The number of esters is 1. The number of aliphatic hydroxyl groups excluding tert-OH is 1. The Bertz CT molecular complexity index is 1070. The van der Waals surface area contributed by atoms with Gasteiger partial charge >= 0.3 is 12.1 Å². The van der Waals surface area contributed by atoms with Crippen LogP contribution >= 0.6 is 0 Å². The zero-order valence-corrected chi connectivity index (χ0v) is 27.7. The molecule has 0 aromatic heterocycles. The molecule has 0 aliphatic carbocycles. The van der Waals surface area contributed by atoms with Crippen LogP contribution in [-0.2, 0) is 25.3 Å². The lowest BCUT2D eigenvalue weighted by Gasteiger charge is -2.48. The summed E-state index contributed by atoms with van der Waals surface area (Å²) in [7, 11) is -2.21. The highest BCUT2D eigenvalue weighted by atomic mass is 28.4. The second-order valence-electron chi connectivity index (χ2n) is 13.0. The largest absolute Gasteiger partial charge is 0.462 e. The minimum atomic E-state index is -2.21. The summed E-state index contributed by atoms with van der Waals surface area (Å²) in [4.78, 5) is 27.1. The molecule has 1 heterocycles. The molecule has 0 saturated carbocycles. The van der Waals surface area contributed by atoms with Crippen molar-refractivity contribution < 1.29 is 28.6 Å². The maximum atomic E-state index is 13.5. The second kappa shape index (κ2) is 15.0. The first-order valence-corrected chi connectivity index (χ1v) is 17.0. The molecule has 1 amide bonds. The first kappa shape index (κ1) is 34.6. The Morgan fingerprint density at radius 3 is 2.15 bits per heavy atom. The summed E-state index contributed by atoms with van der Waals surface area (Å²) in [5.74, 6) is 5.67.